The first kappa shape index (κ1) is 17.5. The van der Waals surface area contributed by atoms with Crippen molar-refractivity contribution in [1.82, 2.24) is 25.3 Å². The monoisotopic (exact) mass is 378 g/mol. The molecule has 11 nitrogen and oxygen atoms in total. The van der Waals surface area contributed by atoms with E-state index in [1.165, 1.54) is 0 Å². The second-order valence-electron chi connectivity index (χ2n) is 5.28. The van der Waals surface area contributed by atoms with E-state index >= 15 is 0 Å². The molecule has 2 N–H and O–H groups in total. The van der Waals surface area contributed by atoms with Gasteiger partial charge in [0.2, 0.25) is 11.6 Å². The van der Waals surface area contributed by atoms with Gasteiger partial charge >= 0.3 is 5.97 Å². The van der Waals surface area contributed by atoms with Crippen molar-refractivity contribution in [2.45, 2.75) is 11.5 Å². The molecule has 0 radical (unpaired) electrons. The molecule has 0 amide bonds. The van der Waals surface area contributed by atoms with E-state index in [2.05, 4.69) is 30.0 Å². The number of anilines is 1. The highest BCUT2D eigenvalue weighted by Crippen LogP contribution is 2.20. The van der Waals surface area contributed by atoms with E-state index in [1.807, 2.05) is 0 Å². The van der Waals surface area contributed by atoms with Gasteiger partial charge in [-0.05, 0) is 15.9 Å². The lowest BCUT2D eigenvalue weighted by Gasteiger charge is -2.07. The van der Waals surface area contributed by atoms with Gasteiger partial charge < -0.3 is 10.5 Å². The number of rotatable bonds is 6. The molecule has 2 heterocycles. The average molecular weight is 378 g/mol. The molecule has 0 aliphatic heterocycles. The van der Waals surface area contributed by atoms with E-state index in [0.717, 1.165) is 11.8 Å². The molecular weight excluding hydrogens is 364 g/mol. The molecule has 0 aliphatic carbocycles. The zero-order chi connectivity index (χ0) is 18.7. The third kappa shape index (κ3) is 3.54. The van der Waals surface area contributed by atoms with Crippen LogP contribution in [0.5, 0.6) is 0 Å². The van der Waals surface area contributed by atoms with Gasteiger partial charge in [0.1, 0.15) is 0 Å². The quantitative estimate of drug-likeness (QED) is 0.585. The molecule has 12 heteroatoms. The molecule has 136 valence electrons. The maximum Gasteiger partial charge on any atom is 0.360 e. The van der Waals surface area contributed by atoms with Crippen LogP contribution in [0.15, 0.2) is 35.0 Å². The number of benzene rings is 1. The van der Waals surface area contributed by atoms with Crippen molar-refractivity contribution in [2.24, 2.45) is 0 Å². The van der Waals surface area contributed by atoms with E-state index < -0.39 is 21.6 Å². The number of nitrogens with two attached hydrogens (primary N) is 1. The Bertz CT molecular complexity index is 1030. The number of esters is 1. The lowest BCUT2D eigenvalue weighted by atomic mass is 10.2. The summed E-state index contributed by atoms with van der Waals surface area (Å²) >= 11 is 0. The zero-order valence-electron chi connectivity index (χ0n) is 13.6. The summed E-state index contributed by atoms with van der Waals surface area (Å²) in [6.45, 7) is 0. The van der Waals surface area contributed by atoms with E-state index in [-0.39, 0.29) is 28.8 Å². The number of nitrogens with zero attached hydrogens (tertiary/aromatic N) is 5. The molecule has 0 fully saturated rings. The number of ether oxygens (including phenoxy) is 1. The van der Waals surface area contributed by atoms with Crippen LogP contribution in [0, 0.1) is 0 Å². The minimum absolute atomic E-state index is 0.0461. The van der Waals surface area contributed by atoms with Gasteiger partial charge in [-0.2, -0.15) is 4.68 Å². The lowest BCUT2D eigenvalue weighted by molar-refractivity contribution is 0.0593. The zero-order valence-corrected chi connectivity index (χ0v) is 14.4. The summed E-state index contributed by atoms with van der Waals surface area (Å²) in [5.74, 6) is -1.81. The first-order valence-corrected chi connectivity index (χ1v) is 9.09. The minimum atomic E-state index is -3.68. The van der Waals surface area contributed by atoms with Gasteiger partial charge in [-0.15, -0.1) is 5.10 Å². The summed E-state index contributed by atoms with van der Waals surface area (Å²) in [6, 6.07) is 8.63. The van der Waals surface area contributed by atoms with Crippen molar-refractivity contribution in [3.8, 4) is 5.82 Å². The molecule has 0 spiro atoms. The van der Waals surface area contributed by atoms with Crippen molar-refractivity contribution in [1.29, 1.82) is 0 Å². The summed E-state index contributed by atoms with van der Waals surface area (Å²) in [5, 5.41) is 14.4. The van der Waals surface area contributed by atoms with Crippen LogP contribution < -0.4 is 5.73 Å². The van der Waals surface area contributed by atoms with Crippen molar-refractivity contribution in [3.63, 3.8) is 0 Å². The first-order chi connectivity index (χ1) is 12.4. The summed E-state index contributed by atoms with van der Waals surface area (Å²) in [7, 11) is -2.53. The van der Waals surface area contributed by atoms with Crippen LogP contribution in [-0.4, -0.2) is 46.8 Å². The molecular formula is C14H14N6O5S. The Morgan fingerprint density at radius 2 is 1.96 bits per heavy atom. The van der Waals surface area contributed by atoms with Crippen LogP contribution in [-0.2, 0) is 26.1 Å². The number of aromatic nitrogens is 5. The molecule has 0 saturated carbocycles. The van der Waals surface area contributed by atoms with Gasteiger partial charge in [-0.25, -0.2) is 17.8 Å². The summed E-state index contributed by atoms with van der Waals surface area (Å²) < 4.78 is 35.4. The van der Waals surface area contributed by atoms with Crippen LogP contribution >= 0.6 is 0 Å². The van der Waals surface area contributed by atoms with Crippen molar-refractivity contribution < 1.29 is 22.6 Å². The number of carbonyl (C=O) groups excluding carboxylic acids is 1. The topological polar surface area (TPSA) is 156 Å². The standard InChI is InChI=1S/C14H14N6O5S/c1-24-14(21)11-10(20(19-16-11)13-12(15)17-25-18-13)8-26(22,23)7-9-5-3-2-4-6-9/h2-6H,7-8H2,1H3,(H2,15,17). The molecule has 0 aliphatic rings. The lowest BCUT2D eigenvalue weighted by Crippen LogP contribution is -2.16. The molecule has 0 atom stereocenters. The molecule has 0 unspecified atom stereocenters. The molecule has 0 saturated heterocycles. The number of methoxy groups -OCH3 is 1. The SMILES string of the molecule is COC(=O)c1nnn(-c2nonc2N)c1CS(=O)(=O)Cc1ccccc1. The van der Waals surface area contributed by atoms with Gasteiger partial charge in [0, 0.05) is 0 Å². The summed E-state index contributed by atoms with van der Waals surface area (Å²) in [5.41, 5.74) is 5.93. The van der Waals surface area contributed by atoms with Gasteiger partial charge in [0.05, 0.1) is 24.3 Å². The van der Waals surface area contributed by atoms with Crippen LogP contribution in [0.4, 0.5) is 5.82 Å². The van der Waals surface area contributed by atoms with Crippen LogP contribution in [0.3, 0.4) is 0 Å². The smallest absolute Gasteiger partial charge is 0.360 e. The highest BCUT2D eigenvalue weighted by atomic mass is 32.2. The second kappa shape index (κ2) is 6.92. The van der Waals surface area contributed by atoms with Crippen LogP contribution in [0.1, 0.15) is 21.7 Å². The Balaban J connectivity index is 2.01. The summed E-state index contributed by atoms with van der Waals surface area (Å²) in [4.78, 5) is 11.9. The number of sulfone groups is 1. The fourth-order valence-corrected chi connectivity index (χ4v) is 3.76. The minimum Gasteiger partial charge on any atom is -0.464 e. The van der Waals surface area contributed by atoms with E-state index in [4.69, 9.17) is 5.73 Å². The summed E-state index contributed by atoms with van der Waals surface area (Å²) in [6.07, 6.45) is 0. The second-order valence-corrected chi connectivity index (χ2v) is 7.34. The van der Waals surface area contributed by atoms with Gasteiger partial charge in [0.25, 0.3) is 0 Å². The molecule has 3 rings (SSSR count). The predicted octanol–water partition coefficient (Wildman–Crippen LogP) is 0.134. The van der Waals surface area contributed by atoms with Gasteiger partial charge in [-0.1, -0.05) is 35.5 Å². The highest BCUT2D eigenvalue weighted by molar-refractivity contribution is 7.89. The first-order valence-electron chi connectivity index (χ1n) is 7.27. The Hall–Kier alpha value is -3.28. The fraction of sp³-hybridized carbons (Fsp3) is 0.214. The van der Waals surface area contributed by atoms with Crippen molar-refractivity contribution in [2.75, 3.05) is 12.8 Å². The number of hydrogen-bond acceptors (Lipinski definition) is 10. The van der Waals surface area contributed by atoms with Gasteiger partial charge in [0.15, 0.2) is 15.5 Å². The van der Waals surface area contributed by atoms with Crippen molar-refractivity contribution >= 4 is 21.6 Å². The largest absolute Gasteiger partial charge is 0.464 e. The van der Waals surface area contributed by atoms with Crippen LogP contribution in [0.25, 0.3) is 5.82 Å². The highest BCUT2D eigenvalue weighted by Gasteiger charge is 2.28. The molecule has 2 aromatic heterocycles. The van der Waals surface area contributed by atoms with E-state index in [0.29, 0.717) is 5.56 Å². The maximum absolute atomic E-state index is 12.6. The maximum atomic E-state index is 12.6. The molecule has 0 bridgehead atoms. The molecule has 3 aromatic rings. The fourth-order valence-electron chi connectivity index (χ4n) is 2.28. The number of hydrogen-bond donors (Lipinski definition) is 1. The Morgan fingerprint density at radius 1 is 1.23 bits per heavy atom. The van der Waals surface area contributed by atoms with E-state index in [9.17, 15) is 13.2 Å². The third-order valence-corrected chi connectivity index (χ3v) is 4.91. The molecule has 26 heavy (non-hydrogen) atoms. The van der Waals surface area contributed by atoms with E-state index in [1.54, 1.807) is 30.3 Å². The van der Waals surface area contributed by atoms with Gasteiger partial charge in [-0.3, -0.25) is 0 Å². The Labute approximate surface area is 147 Å². The molecule has 1 aromatic carbocycles. The average Bonchev–Trinajstić information content (AvgIpc) is 3.20. The Kier molecular flexibility index (Phi) is 4.67. The van der Waals surface area contributed by atoms with Crippen molar-refractivity contribution in [3.05, 3.63) is 47.3 Å². The predicted molar refractivity (Wildman–Crippen MR) is 87.7 cm³/mol. The number of carbonyl (C=O) groups is 1. The normalized spacial score (nSPS) is 11.4. The number of nitrogen functional groups attached to an aromatic ring is 1. The Morgan fingerprint density at radius 3 is 2.58 bits per heavy atom. The third-order valence-electron chi connectivity index (χ3n) is 3.42. The van der Waals surface area contributed by atoms with Crippen LogP contribution in [0.2, 0.25) is 0 Å².